The Morgan fingerprint density at radius 1 is 1.53 bits per heavy atom. The van der Waals surface area contributed by atoms with Crippen LogP contribution in [-0.2, 0) is 4.79 Å². The molecule has 3 N–H and O–H groups in total. The van der Waals surface area contributed by atoms with Crippen LogP contribution in [0.15, 0.2) is 24.3 Å². The van der Waals surface area contributed by atoms with Gasteiger partial charge in [0.25, 0.3) is 0 Å². The number of hydrogen-bond acceptors (Lipinski definition) is 3. The van der Waals surface area contributed by atoms with Gasteiger partial charge in [-0.3, -0.25) is 4.79 Å². The predicted molar refractivity (Wildman–Crippen MR) is 62.1 cm³/mol. The van der Waals surface area contributed by atoms with Crippen LogP contribution < -0.4 is 10.6 Å². The minimum Gasteiger partial charge on any atom is -0.388 e. The zero-order chi connectivity index (χ0) is 12.3. The van der Waals surface area contributed by atoms with Crippen LogP contribution in [0.25, 0.3) is 0 Å². The Kier molecular flexibility index (Phi) is 3.40. The molecule has 1 aliphatic rings. The Bertz CT molecular complexity index is 417. The standard InChI is InChI=1S/C12H15FN2O2/c13-9-3-1-2-4-10(9)15-11(16)7-12(17)5-6-14-8-12/h1-4,14,17H,5-8H2,(H,15,16). The van der Waals surface area contributed by atoms with E-state index in [9.17, 15) is 14.3 Å². The normalized spacial score (nSPS) is 23.6. The first kappa shape index (κ1) is 12.0. The molecule has 1 atom stereocenters. The molecule has 1 heterocycles. The molecule has 1 fully saturated rings. The van der Waals surface area contributed by atoms with Crippen LogP contribution in [0, 0.1) is 5.82 Å². The Morgan fingerprint density at radius 3 is 2.94 bits per heavy atom. The highest BCUT2D eigenvalue weighted by Crippen LogP contribution is 2.20. The molecule has 0 radical (unpaired) electrons. The van der Waals surface area contributed by atoms with Crippen LogP contribution in [-0.4, -0.2) is 29.7 Å². The lowest BCUT2D eigenvalue weighted by atomic mass is 9.98. The molecule has 0 spiro atoms. The summed E-state index contributed by atoms with van der Waals surface area (Å²) in [6, 6.07) is 5.97. The van der Waals surface area contributed by atoms with E-state index in [1.807, 2.05) is 0 Å². The third-order valence-electron chi connectivity index (χ3n) is 2.86. The van der Waals surface area contributed by atoms with Crippen molar-refractivity contribution < 1.29 is 14.3 Å². The van der Waals surface area contributed by atoms with E-state index in [-0.39, 0.29) is 18.0 Å². The lowest BCUT2D eigenvalue weighted by molar-refractivity contribution is -0.120. The maximum absolute atomic E-state index is 13.3. The van der Waals surface area contributed by atoms with Gasteiger partial charge >= 0.3 is 0 Å². The fourth-order valence-electron chi connectivity index (χ4n) is 1.94. The Balaban J connectivity index is 1.96. The van der Waals surface area contributed by atoms with Crippen molar-refractivity contribution in [3.8, 4) is 0 Å². The fourth-order valence-corrected chi connectivity index (χ4v) is 1.94. The minimum atomic E-state index is -1.00. The van der Waals surface area contributed by atoms with Crippen molar-refractivity contribution in [3.63, 3.8) is 0 Å². The van der Waals surface area contributed by atoms with Crippen LogP contribution in [0.4, 0.5) is 10.1 Å². The Hall–Kier alpha value is -1.46. The number of aliphatic hydroxyl groups is 1. The summed E-state index contributed by atoms with van der Waals surface area (Å²) in [6.07, 6.45) is 0.520. The highest BCUT2D eigenvalue weighted by atomic mass is 19.1. The predicted octanol–water partition coefficient (Wildman–Crippen LogP) is 0.879. The van der Waals surface area contributed by atoms with E-state index in [1.165, 1.54) is 12.1 Å². The molecule has 92 valence electrons. The molecule has 5 heteroatoms. The molecule has 1 aromatic carbocycles. The molecule has 2 rings (SSSR count). The molecular formula is C12H15FN2O2. The summed E-state index contributed by atoms with van der Waals surface area (Å²) >= 11 is 0. The summed E-state index contributed by atoms with van der Waals surface area (Å²) in [7, 11) is 0. The highest BCUT2D eigenvalue weighted by molar-refractivity contribution is 5.91. The highest BCUT2D eigenvalue weighted by Gasteiger charge is 2.33. The third-order valence-corrected chi connectivity index (χ3v) is 2.86. The Morgan fingerprint density at radius 2 is 2.29 bits per heavy atom. The van der Waals surface area contributed by atoms with Crippen molar-refractivity contribution >= 4 is 11.6 Å². The van der Waals surface area contributed by atoms with Gasteiger partial charge in [0.15, 0.2) is 0 Å². The summed E-state index contributed by atoms with van der Waals surface area (Å²) in [4.78, 5) is 11.7. The van der Waals surface area contributed by atoms with E-state index in [0.29, 0.717) is 19.5 Å². The first-order valence-electron chi connectivity index (χ1n) is 5.57. The topological polar surface area (TPSA) is 61.4 Å². The van der Waals surface area contributed by atoms with Crippen LogP contribution in [0.5, 0.6) is 0 Å². The number of benzene rings is 1. The first-order valence-corrected chi connectivity index (χ1v) is 5.57. The molecule has 0 bridgehead atoms. The SMILES string of the molecule is O=C(CC1(O)CCNC1)Nc1ccccc1F. The van der Waals surface area contributed by atoms with E-state index in [1.54, 1.807) is 12.1 Å². The quantitative estimate of drug-likeness (QED) is 0.732. The molecule has 0 aliphatic carbocycles. The summed E-state index contributed by atoms with van der Waals surface area (Å²) in [5.74, 6) is -0.848. The second kappa shape index (κ2) is 4.81. The van der Waals surface area contributed by atoms with E-state index in [0.717, 1.165) is 0 Å². The maximum atomic E-state index is 13.3. The number of anilines is 1. The fraction of sp³-hybridized carbons (Fsp3) is 0.417. The van der Waals surface area contributed by atoms with Gasteiger partial charge in [-0.05, 0) is 25.1 Å². The van der Waals surface area contributed by atoms with Crippen molar-refractivity contribution in [1.82, 2.24) is 5.32 Å². The van der Waals surface area contributed by atoms with E-state index < -0.39 is 11.4 Å². The second-order valence-electron chi connectivity index (χ2n) is 4.36. The number of carbonyl (C=O) groups is 1. The molecule has 1 saturated heterocycles. The number of hydrogen-bond donors (Lipinski definition) is 3. The molecular weight excluding hydrogens is 223 g/mol. The number of para-hydroxylation sites is 1. The van der Waals surface area contributed by atoms with Crippen molar-refractivity contribution in [3.05, 3.63) is 30.1 Å². The van der Waals surface area contributed by atoms with E-state index in [2.05, 4.69) is 10.6 Å². The maximum Gasteiger partial charge on any atom is 0.227 e. The van der Waals surface area contributed by atoms with Crippen LogP contribution in [0.2, 0.25) is 0 Å². The zero-order valence-corrected chi connectivity index (χ0v) is 9.37. The van der Waals surface area contributed by atoms with Crippen molar-refractivity contribution in [2.24, 2.45) is 0 Å². The second-order valence-corrected chi connectivity index (χ2v) is 4.36. The average Bonchev–Trinajstić information content (AvgIpc) is 2.68. The zero-order valence-electron chi connectivity index (χ0n) is 9.37. The summed E-state index contributed by atoms with van der Waals surface area (Å²) < 4.78 is 13.3. The molecule has 17 heavy (non-hydrogen) atoms. The number of β-amino-alcohol motifs (C(OH)–C–C–N with tert-alkyl or cyclic N) is 1. The number of rotatable bonds is 3. The molecule has 0 aromatic heterocycles. The Labute approximate surface area is 98.8 Å². The molecule has 1 aromatic rings. The van der Waals surface area contributed by atoms with Gasteiger partial charge in [0.1, 0.15) is 5.82 Å². The van der Waals surface area contributed by atoms with Gasteiger partial charge in [-0.1, -0.05) is 12.1 Å². The van der Waals surface area contributed by atoms with Gasteiger partial charge in [-0.15, -0.1) is 0 Å². The monoisotopic (exact) mass is 238 g/mol. The number of halogens is 1. The van der Waals surface area contributed by atoms with Gasteiger partial charge in [-0.25, -0.2) is 4.39 Å². The summed E-state index contributed by atoms with van der Waals surface area (Å²) in [6.45, 7) is 1.10. The average molecular weight is 238 g/mol. The molecule has 0 saturated carbocycles. The minimum absolute atomic E-state index is 0.0195. The molecule has 1 unspecified atom stereocenters. The molecule has 1 amide bonds. The van der Waals surface area contributed by atoms with Crippen molar-refractivity contribution in [2.75, 3.05) is 18.4 Å². The van der Waals surface area contributed by atoms with Gasteiger partial charge in [0.2, 0.25) is 5.91 Å². The van der Waals surface area contributed by atoms with Gasteiger partial charge in [0, 0.05) is 6.54 Å². The number of amides is 1. The number of carbonyl (C=O) groups excluding carboxylic acids is 1. The van der Waals surface area contributed by atoms with E-state index >= 15 is 0 Å². The van der Waals surface area contributed by atoms with Gasteiger partial charge in [0.05, 0.1) is 17.7 Å². The summed E-state index contributed by atoms with van der Waals surface area (Å²) in [5, 5.41) is 15.4. The van der Waals surface area contributed by atoms with Crippen molar-refractivity contribution in [1.29, 1.82) is 0 Å². The summed E-state index contributed by atoms with van der Waals surface area (Å²) in [5.41, 5.74) is -0.859. The van der Waals surface area contributed by atoms with Crippen molar-refractivity contribution in [2.45, 2.75) is 18.4 Å². The lowest BCUT2D eigenvalue weighted by Crippen LogP contribution is -2.36. The van der Waals surface area contributed by atoms with Crippen LogP contribution in [0.1, 0.15) is 12.8 Å². The first-order chi connectivity index (χ1) is 8.09. The molecule has 4 nitrogen and oxygen atoms in total. The van der Waals surface area contributed by atoms with E-state index in [4.69, 9.17) is 0 Å². The van der Waals surface area contributed by atoms with Crippen LogP contribution in [0.3, 0.4) is 0 Å². The largest absolute Gasteiger partial charge is 0.388 e. The van der Waals surface area contributed by atoms with Gasteiger partial charge in [-0.2, -0.15) is 0 Å². The smallest absolute Gasteiger partial charge is 0.227 e. The third kappa shape index (κ3) is 3.01. The van der Waals surface area contributed by atoms with Gasteiger partial charge < -0.3 is 15.7 Å². The molecule has 1 aliphatic heterocycles. The number of nitrogens with one attached hydrogen (secondary N) is 2. The lowest BCUT2D eigenvalue weighted by Gasteiger charge is -2.20. The van der Waals surface area contributed by atoms with Crippen LogP contribution >= 0.6 is 0 Å².